The number of nitrogens with zero attached hydrogens (tertiary/aromatic N) is 3. The molecule has 3 aliphatic rings. The van der Waals surface area contributed by atoms with Crippen LogP contribution in [-0.4, -0.2) is 0 Å². The van der Waals surface area contributed by atoms with E-state index in [2.05, 4.69) is 0 Å². The van der Waals surface area contributed by atoms with Crippen molar-refractivity contribution in [3.8, 4) is 0 Å². The third-order valence-corrected chi connectivity index (χ3v) is 12.4. The van der Waals surface area contributed by atoms with E-state index < -0.39 is 7.22 Å². The fourth-order valence-electron chi connectivity index (χ4n) is 7.14. The second-order valence-electron chi connectivity index (χ2n) is 10.9. The van der Waals surface area contributed by atoms with Gasteiger partial charge in [0, 0.05) is 0 Å². The van der Waals surface area contributed by atoms with Crippen molar-refractivity contribution in [2.24, 2.45) is 0 Å². The van der Waals surface area contributed by atoms with Gasteiger partial charge in [0.15, 0.2) is 0 Å². The molecule has 0 aromatic heterocycles. The van der Waals surface area contributed by atoms with Crippen LogP contribution in [0.25, 0.3) is 0 Å². The molecular weight excluding hydrogens is 543 g/mol. The van der Waals surface area contributed by atoms with Crippen molar-refractivity contribution in [2.45, 2.75) is 0 Å². The quantitative estimate of drug-likeness (QED) is 0.197. The van der Waals surface area contributed by atoms with Crippen LogP contribution in [0.3, 0.4) is 0 Å². The van der Waals surface area contributed by atoms with Crippen LogP contribution < -0.4 is 30.6 Å². The molecule has 0 fully saturated rings. The van der Waals surface area contributed by atoms with Gasteiger partial charge in [-0.15, -0.1) is 0 Å². The van der Waals surface area contributed by atoms with Crippen molar-refractivity contribution in [2.75, 3.05) is 14.7 Å². The molecule has 0 amide bonds. The molecule has 9 rings (SSSR count). The van der Waals surface area contributed by atoms with Crippen molar-refractivity contribution in [1.82, 2.24) is 0 Å². The first-order chi connectivity index (χ1) is 20.6. The third kappa shape index (κ3) is 2.77. The molecule has 3 aliphatic heterocycles. The van der Waals surface area contributed by atoms with Gasteiger partial charge in [-0.1, -0.05) is 0 Å². The van der Waals surface area contributed by atoms with E-state index in [1.54, 1.807) is 0 Å². The summed E-state index contributed by atoms with van der Waals surface area (Å²) in [6, 6.07) is 46.4. The van der Waals surface area contributed by atoms with Crippen LogP contribution in [-0.2, 0) is 0 Å². The SMILES string of the molecule is FP12(F)c3c4cccc3N(c3ccccc3)c3cccc(c31)N(c1ccccc1)c1cccc(c12)N4c1ccccc1. The van der Waals surface area contributed by atoms with Gasteiger partial charge >= 0.3 is 243 Å². The number of benzene rings is 6. The predicted molar refractivity (Wildman–Crippen MR) is 172 cm³/mol. The second kappa shape index (κ2) is 8.06. The zero-order chi connectivity index (χ0) is 28.1. The summed E-state index contributed by atoms with van der Waals surface area (Å²) >= 11 is 0. The van der Waals surface area contributed by atoms with Gasteiger partial charge in [0.05, 0.1) is 0 Å². The van der Waals surface area contributed by atoms with Crippen LogP contribution in [0.5, 0.6) is 0 Å². The third-order valence-electron chi connectivity index (χ3n) is 8.65. The molecule has 0 unspecified atom stereocenters. The normalized spacial score (nSPS) is 17.2. The molecule has 3 heterocycles. The van der Waals surface area contributed by atoms with E-state index in [1.165, 1.54) is 0 Å². The molecule has 0 N–H and O–H groups in total. The monoisotopic (exact) mass is 567 g/mol. The summed E-state index contributed by atoms with van der Waals surface area (Å²) in [6.45, 7) is 0. The first-order valence-electron chi connectivity index (χ1n) is 14.0. The Balaban J connectivity index is 1.50. The molecular formula is C36H24F2N3P. The van der Waals surface area contributed by atoms with E-state index in [0.29, 0.717) is 34.1 Å². The van der Waals surface area contributed by atoms with E-state index in [0.717, 1.165) is 17.1 Å². The molecule has 202 valence electrons. The molecule has 0 spiro atoms. The van der Waals surface area contributed by atoms with Crippen molar-refractivity contribution < 1.29 is 8.39 Å². The van der Waals surface area contributed by atoms with Crippen LogP contribution in [0.2, 0.25) is 0 Å². The molecule has 0 bridgehead atoms. The molecule has 6 heteroatoms. The van der Waals surface area contributed by atoms with Gasteiger partial charge in [-0.3, -0.25) is 0 Å². The molecule has 3 nitrogen and oxygen atoms in total. The Morgan fingerprint density at radius 2 is 0.548 bits per heavy atom. The molecule has 0 saturated carbocycles. The van der Waals surface area contributed by atoms with Crippen LogP contribution >= 0.6 is 7.22 Å². The summed E-state index contributed by atoms with van der Waals surface area (Å²) in [5, 5.41) is 0.386. The van der Waals surface area contributed by atoms with Crippen molar-refractivity contribution in [3.63, 3.8) is 0 Å². The fraction of sp³-hybridized carbons (Fsp3) is 0. The molecule has 6 aromatic rings. The van der Waals surface area contributed by atoms with Crippen LogP contribution in [0, 0.1) is 0 Å². The summed E-state index contributed by atoms with van der Waals surface area (Å²) in [6.07, 6.45) is 0. The first-order valence-corrected chi connectivity index (χ1v) is 16.0. The van der Waals surface area contributed by atoms with Gasteiger partial charge in [-0.2, -0.15) is 0 Å². The molecule has 42 heavy (non-hydrogen) atoms. The minimum absolute atomic E-state index is 0.129. The number of hydrogen-bond donors (Lipinski definition) is 0. The summed E-state index contributed by atoms with van der Waals surface area (Å²) in [7, 11) is -5.98. The van der Waals surface area contributed by atoms with Crippen molar-refractivity contribution in [1.29, 1.82) is 0 Å². The van der Waals surface area contributed by atoms with Crippen LogP contribution in [0.1, 0.15) is 0 Å². The Hall–Kier alpha value is -4.99. The zero-order valence-electron chi connectivity index (χ0n) is 22.4. The van der Waals surface area contributed by atoms with E-state index in [4.69, 9.17) is 0 Å². The Kier molecular flexibility index (Phi) is 4.54. The molecule has 6 aromatic carbocycles. The maximum atomic E-state index is 19.0. The Morgan fingerprint density at radius 1 is 0.310 bits per heavy atom. The minimum atomic E-state index is -5.98. The maximum absolute atomic E-state index is 19.0. The number of halogens is 2. The average molecular weight is 568 g/mol. The van der Waals surface area contributed by atoms with E-state index in [-0.39, 0.29) is 15.9 Å². The van der Waals surface area contributed by atoms with Gasteiger partial charge < -0.3 is 0 Å². The number of para-hydroxylation sites is 3. The Labute approximate surface area is 242 Å². The number of anilines is 9. The summed E-state index contributed by atoms with van der Waals surface area (Å²) in [5.74, 6) is 0. The number of hydrogen-bond acceptors (Lipinski definition) is 3. The van der Waals surface area contributed by atoms with Crippen molar-refractivity contribution in [3.05, 3.63) is 146 Å². The van der Waals surface area contributed by atoms with Gasteiger partial charge in [-0.05, 0) is 0 Å². The Bertz CT molecular complexity index is 1750. The van der Waals surface area contributed by atoms with Crippen LogP contribution in [0.4, 0.5) is 59.6 Å². The fourth-order valence-corrected chi connectivity index (χ4v) is 11.3. The van der Waals surface area contributed by atoms with Gasteiger partial charge in [-0.25, -0.2) is 0 Å². The summed E-state index contributed by atoms with van der Waals surface area (Å²) in [5.41, 5.74) is 5.71. The standard InChI is InChI=1S/C36H24F2N3P/c37-42(38)34-28-19-10-21-30(34)40(26-15-6-2-7-16-26)32-23-12-24-33(36(32)42)41(27-17-8-3-9-18-27)31-22-11-20-29(35(31)42)39(28)25-13-4-1-5-14-25/h1-24H. The van der Waals surface area contributed by atoms with E-state index in [1.807, 2.05) is 160 Å². The van der Waals surface area contributed by atoms with Gasteiger partial charge in [0.2, 0.25) is 0 Å². The van der Waals surface area contributed by atoms with E-state index >= 15 is 8.39 Å². The molecule has 0 saturated heterocycles. The zero-order valence-corrected chi connectivity index (χ0v) is 23.3. The first kappa shape index (κ1) is 23.7. The molecule has 0 radical (unpaired) electrons. The van der Waals surface area contributed by atoms with Gasteiger partial charge in [0.1, 0.15) is 0 Å². The summed E-state index contributed by atoms with van der Waals surface area (Å²) < 4.78 is 38.1. The second-order valence-corrected chi connectivity index (χ2v) is 14.0. The average Bonchev–Trinajstić information content (AvgIpc) is 3.02. The van der Waals surface area contributed by atoms with Crippen LogP contribution in [0.15, 0.2) is 146 Å². The van der Waals surface area contributed by atoms with Crippen molar-refractivity contribution >= 4 is 74.3 Å². The number of rotatable bonds is 3. The summed E-state index contributed by atoms with van der Waals surface area (Å²) in [4.78, 5) is 6.06. The Morgan fingerprint density at radius 3 is 0.786 bits per heavy atom. The molecule has 0 aliphatic carbocycles. The van der Waals surface area contributed by atoms with Gasteiger partial charge in [0.25, 0.3) is 0 Å². The molecule has 0 atom stereocenters. The van der Waals surface area contributed by atoms with E-state index in [9.17, 15) is 0 Å². The predicted octanol–water partition coefficient (Wildman–Crippen LogP) is 9.63. The topological polar surface area (TPSA) is 9.72 Å².